The van der Waals surface area contributed by atoms with E-state index in [4.69, 9.17) is 0 Å². The van der Waals surface area contributed by atoms with E-state index >= 15 is 0 Å². The summed E-state index contributed by atoms with van der Waals surface area (Å²) in [7, 11) is 0.767. The number of fused-ring (bicyclic) bond motifs is 2. The monoisotopic (exact) mass is 182 g/mol. The first-order valence-corrected chi connectivity index (χ1v) is 5.27. The fourth-order valence-electron chi connectivity index (χ4n) is 1.69. The molecule has 13 heavy (non-hydrogen) atoms. The van der Waals surface area contributed by atoms with E-state index in [1.165, 1.54) is 15.7 Å². The summed E-state index contributed by atoms with van der Waals surface area (Å²) in [6, 6.07) is 8.62. The largest absolute Gasteiger partial charge is 0.351 e. The van der Waals surface area contributed by atoms with E-state index in [9.17, 15) is 0 Å². The molecular formula is C11H8NSi. The third kappa shape index (κ3) is 0.955. The summed E-state index contributed by atoms with van der Waals surface area (Å²) in [4.78, 5) is 1.45. The average molecular weight is 182 g/mol. The summed E-state index contributed by atoms with van der Waals surface area (Å²) in [5, 5.41) is 1.39. The van der Waals surface area contributed by atoms with Crippen LogP contribution in [0, 0.1) is 4.81 Å². The summed E-state index contributed by atoms with van der Waals surface area (Å²) >= 11 is 0. The molecule has 2 aliphatic heterocycles. The molecule has 0 aliphatic carbocycles. The van der Waals surface area contributed by atoms with Crippen molar-refractivity contribution >= 4 is 15.0 Å². The third-order valence-electron chi connectivity index (χ3n) is 2.30. The van der Waals surface area contributed by atoms with E-state index in [-0.39, 0.29) is 0 Å². The Kier molecular flexibility index (Phi) is 1.37. The first-order chi connectivity index (χ1) is 6.45. The molecule has 1 aromatic rings. The van der Waals surface area contributed by atoms with Crippen LogP contribution in [0.3, 0.4) is 0 Å². The number of allylic oxidation sites excluding steroid dienone is 2. The summed E-state index contributed by atoms with van der Waals surface area (Å²) in [6.07, 6.45) is 8.51. The quantitative estimate of drug-likeness (QED) is 0.542. The Balaban J connectivity index is 2.44. The lowest BCUT2D eigenvalue weighted by molar-refractivity contribution is 0.856. The fourth-order valence-corrected chi connectivity index (χ4v) is 2.93. The molecule has 0 fully saturated rings. The van der Waals surface area contributed by atoms with Gasteiger partial charge in [-0.15, -0.1) is 0 Å². The van der Waals surface area contributed by atoms with Gasteiger partial charge in [0, 0.05) is 10.9 Å². The molecule has 0 unspecified atom stereocenters. The molecule has 1 nitrogen and oxygen atoms in total. The van der Waals surface area contributed by atoms with Crippen LogP contribution in [0.15, 0.2) is 48.7 Å². The summed E-state index contributed by atoms with van der Waals surface area (Å²) in [5.41, 5.74) is 1.34. The number of hydrogen-bond acceptors (Lipinski definition) is 1. The van der Waals surface area contributed by atoms with E-state index in [2.05, 4.69) is 53.3 Å². The minimum Gasteiger partial charge on any atom is -0.351 e. The maximum absolute atomic E-state index is 2.31. The second kappa shape index (κ2) is 2.54. The van der Waals surface area contributed by atoms with Crippen molar-refractivity contribution in [3.8, 4) is 0 Å². The summed E-state index contributed by atoms with van der Waals surface area (Å²) in [6.45, 7) is 0. The summed E-state index contributed by atoms with van der Waals surface area (Å²) in [5.74, 6) is 0. The van der Waals surface area contributed by atoms with Crippen molar-refractivity contribution in [2.75, 3.05) is 0 Å². The minimum absolute atomic E-state index is 0.767. The second-order valence-electron chi connectivity index (χ2n) is 3.11. The van der Waals surface area contributed by atoms with Crippen LogP contribution in [-0.2, 0) is 0 Å². The maximum Gasteiger partial charge on any atom is 0.174 e. The molecule has 1 radical (unpaired) electrons. The fraction of sp³-hybridized carbons (Fsp3) is 0. The normalized spacial score (nSPS) is 16.9. The second-order valence-corrected chi connectivity index (χ2v) is 4.36. The number of nitrogens with zero attached hydrogens (tertiary/aromatic N) is 1. The zero-order valence-corrected chi connectivity index (χ0v) is 8.07. The molecule has 0 amide bonds. The van der Waals surface area contributed by atoms with Crippen molar-refractivity contribution in [3.05, 3.63) is 58.7 Å². The van der Waals surface area contributed by atoms with Gasteiger partial charge in [0.2, 0.25) is 0 Å². The Hall–Kier alpha value is -1.41. The van der Waals surface area contributed by atoms with Crippen LogP contribution >= 0.6 is 0 Å². The molecule has 0 spiro atoms. The molecule has 2 heterocycles. The van der Waals surface area contributed by atoms with E-state index in [1.807, 2.05) is 0 Å². The van der Waals surface area contributed by atoms with Crippen LogP contribution in [-0.4, -0.2) is 13.9 Å². The molecule has 0 bridgehead atoms. The molecular weight excluding hydrogens is 174 g/mol. The average Bonchev–Trinajstić information content (AvgIpc) is 2.56. The van der Waals surface area contributed by atoms with E-state index in [1.54, 1.807) is 0 Å². The van der Waals surface area contributed by atoms with Gasteiger partial charge >= 0.3 is 0 Å². The van der Waals surface area contributed by atoms with Crippen LogP contribution in [0.1, 0.15) is 0 Å². The predicted molar refractivity (Wildman–Crippen MR) is 54.2 cm³/mol. The lowest BCUT2D eigenvalue weighted by Crippen LogP contribution is -2.14. The highest BCUT2D eigenvalue weighted by Crippen LogP contribution is 2.12. The SMILES string of the molecule is C1=CC2=c3ccccc3=[Si]N2C=C1. The highest BCUT2D eigenvalue weighted by atomic mass is 28.2. The van der Waals surface area contributed by atoms with Crippen LogP contribution in [0.2, 0.25) is 0 Å². The Labute approximate surface area is 78.8 Å². The summed E-state index contributed by atoms with van der Waals surface area (Å²) < 4.78 is 2.31. The zero-order valence-electron chi connectivity index (χ0n) is 7.07. The van der Waals surface area contributed by atoms with E-state index in [0.29, 0.717) is 0 Å². The molecule has 3 rings (SSSR count). The maximum atomic E-state index is 2.31. The smallest absolute Gasteiger partial charge is 0.174 e. The Morgan fingerprint density at radius 1 is 1.08 bits per heavy atom. The molecule has 1 aromatic carbocycles. The van der Waals surface area contributed by atoms with Crippen molar-refractivity contribution in [1.82, 2.24) is 4.57 Å². The topological polar surface area (TPSA) is 3.24 Å². The van der Waals surface area contributed by atoms with Gasteiger partial charge in [0.05, 0.1) is 0 Å². The van der Waals surface area contributed by atoms with Gasteiger partial charge in [0.25, 0.3) is 0 Å². The minimum atomic E-state index is 0.767. The van der Waals surface area contributed by atoms with Crippen molar-refractivity contribution < 1.29 is 0 Å². The third-order valence-corrected chi connectivity index (χ3v) is 3.61. The number of rotatable bonds is 0. The van der Waals surface area contributed by atoms with Gasteiger partial charge in [-0.25, -0.2) is 0 Å². The lowest BCUT2D eigenvalue weighted by atomic mass is 10.2. The molecule has 2 aliphatic rings. The standard InChI is InChI=1S/C11H8NSi/c1-2-7-11-9(5-1)10-6-3-4-8-12(10)13-11/h1-8H. The predicted octanol–water partition coefficient (Wildman–Crippen LogP) is 1.06. The van der Waals surface area contributed by atoms with Gasteiger partial charge in [0.1, 0.15) is 0 Å². The first kappa shape index (κ1) is 7.03. The molecule has 0 aromatic heterocycles. The molecule has 0 N–H and O–H groups in total. The van der Waals surface area contributed by atoms with Crippen LogP contribution in [0.25, 0.3) is 5.70 Å². The zero-order chi connectivity index (χ0) is 8.67. The number of benzene rings is 1. The number of hydrogen-bond donors (Lipinski definition) is 0. The van der Waals surface area contributed by atoms with Gasteiger partial charge in [-0.05, 0) is 23.2 Å². The van der Waals surface area contributed by atoms with Crippen molar-refractivity contribution in [2.45, 2.75) is 0 Å². The van der Waals surface area contributed by atoms with Crippen molar-refractivity contribution in [3.63, 3.8) is 0 Å². The first-order valence-electron chi connectivity index (χ1n) is 4.32. The molecule has 0 atom stereocenters. The highest BCUT2D eigenvalue weighted by molar-refractivity contribution is 6.28. The van der Waals surface area contributed by atoms with Crippen molar-refractivity contribution in [2.24, 2.45) is 0 Å². The Morgan fingerprint density at radius 3 is 3.00 bits per heavy atom. The molecule has 61 valence electrons. The van der Waals surface area contributed by atoms with Gasteiger partial charge in [-0.2, -0.15) is 0 Å². The lowest BCUT2D eigenvalue weighted by Gasteiger charge is -2.14. The molecule has 2 heteroatoms. The van der Waals surface area contributed by atoms with Gasteiger partial charge in [-0.3, -0.25) is 0 Å². The van der Waals surface area contributed by atoms with Gasteiger partial charge < -0.3 is 4.57 Å². The van der Waals surface area contributed by atoms with E-state index in [0.717, 1.165) is 9.29 Å². The van der Waals surface area contributed by atoms with E-state index < -0.39 is 0 Å². The van der Waals surface area contributed by atoms with Gasteiger partial charge in [-0.1, -0.05) is 30.3 Å². The van der Waals surface area contributed by atoms with Crippen LogP contribution < -0.4 is 5.22 Å². The van der Waals surface area contributed by atoms with Crippen LogP contribution in [0.5, 0.6) is 0 Å². The van der Waals surface area contributed by atoms with Crippen LogP contribution in [0.4, 0.5) is 0 Å². The Bertz CT molecular complexity index is 525. The van der Waals surface area contributed by atoms with Gasteiger partial charge in [0.15, 0.2) is 9.29 Å². The van der Waals surface area contributed by atoms with Crippen molar-refractivity contribution in [1.29, 1.82) is 0 Å². The molecule has 0 saturated carbocycles. The Morgan fingerprint density at radius 2 is 2.00 bits per heavy atom. The molecule has 0 saturated heterocycles. The highest BCUT2D eigenvalue weighted by Gasteiger charge is 2.10.